The quantitative estimate of drug-likeness (QED) is 0.530. The maximum absolute atomic E-state index is 13.2. The lowest BCUT2D eigenvalue weighted by molar-refractivity contribution is 0.290. The first-order valence-electron chi connectivity index (χ1n) is 10.2. The van der Waals surface area contributed by atoms with Gasteiger partial charge in [-0.2, -0.15) is 4.31 Å². The van der Waals surface area contributed by atoms with Gasteiger partial charge in [0.25, 0.3) is 0 Å². The highest BCUT2D eigenvalue weighted by molar-refractivity contribution is 7.89. The number of nitrogens with zero attached hydrogens (tertiary/aromatic N) is 3. The van der Waals surface area contributed by atoms with E-state index >= 15 is 0 Å². The fourth-order valence-corrected chi connectivity index (χ4v) is 5.36. The highest BCUT2D eigenvalue weighted by Crippen LogP contribution is 2.35. The molecule has 0 aliphatic carbocycles. The zero-order valence-electron chi connectivity index (χ0n) is 18.1. The van der Waals surface area contributed by atoms with Crippen molar-refractivity contribution in [1.29, 1.82) is 0 Å². The number of benzene rings is 2. The predicted octanol–water partition coefficient (Wildman–Crippen LogP) is 3.33. The van der Waals surface area contributed by atoms with Crippen LogP contribution in [0.1, 0.15) is 24.7 Å². The van der Waals surface area contributed by atoms with Crippen molar-refractivity contribution in [2.45, 2.75) is 23.7 Å². The van der Waals surface area contributed by atoms with Crippen LogP contribution in [0.15, 0.2) is 51.8 Å². The molecule has 0 bridgehead atoms. The molecule has 0 atom stereocenters. The molecule has 1 saturated heterocycles. The number of hydrogen-bond acceptors (Lipinski definition) is 8. The molecular weight excluding hydrogens is 434 g/mol. The highest BCUT2D eigenvalue weighted by Gasteiger charge is 2.34. The van der Waals surface area contributed by atoms with E-state index in [9.17, 15) is 8.42 Å². The van der Waals surface area contributed by atoms with Crippen LogP contribution in [0.2, 0.25) is 0 Å². The Morgan fingerprint density at radius 1 is 0.906 bits per heavy atom. The molecule has 2 aromatic carbocycles. The molecule has 3 aromatic rings. The lowest BCUT2D eigenvalue weighted by atomic mass is 9.98. The van der Waals surface area contributed by atoms with E-state index in [1.54, 1.807) is 19.2 Å². The maximum atomic E-state index is 13.2. The molecule has 0 N–H and O–H groups in total. The highest BCUT2D eigenvalue weighted by atomic mass is 32.2. The van der Waals surface area contributed by atoms with Crippen LogP contribution in [-0.4, -0.2) is 57.3 Å². The van der Waals surface area contributed by atoms with Gasteiger partial charge in [0, 0.05) is 30.6 Å². The molecule has 32 heavy (non-hydrogen) atoms. The van der Waals surface area contributed by atoms with Crippen LogP contribution in [0.3, 0.4) is 0 Å². The number of piperidine rings is 1. The second-order valence-corrected chi connectivity index (χ2v) is 9.28. The van der Waals surface area contributed by atoms with E-state index in [0.717, 1.165) is 11.3 Å². The summed E-state index contributed by atoms with van der Waals surface area (Å²) in [7, 11) is 0.812. The van der Waals surface area contributed by atoms with E-state index in [2.05, 4.69) is 10.2 Å². The molecule has 4 rings (SSSR count). The molecule has 1 aliphatic rings. The Labute approximate surface area is 187 Å². The van der Waals surface area contributed by atoms with Crippen LogP contribution >= 0.6 is 0 Å². The van der Waals surface area contributed by atoms with Gasteiger partial charge in [0.15, 0.2) is 0 Å². The average molecular weight is 460 g/mol. The first-order valence-corrected chi connectivity index (χ1v) is 11.6. The molecule has 10 heteroatoms. The zero-order chi connectivity index (χ0) is 22.7. The number of sulfonamides is 1. The molecule has 0 spiro atoms. The first kappa shape index (κ1) is 22.1. The van der Waals surface area contributed by atoms with Gasteiger partial charge in [-0.25, -0.2) is 8.42 Å². The molecule has 1 fully saturated rings. The fraction of sp³-hybridized carbons (Fsp3) is 0.364. The zero-order valence-corrected chi connectivity index (χ0v) is 19.0. The van der Waals surface area contributed by atoms with E-state index in [1.807, 2.05) is 24.3 Å². The second-order valence-electron chi connectivity index (χ2n) is 7.37. The van der Waals surface area contributed by atoms with Crippen molar-refractivity contribution >= 4 is 10.0 Å². The van der Waals surface area contributed by atoms with Gasteiger partial charge < -0.3 is 18.6 Å². The van der Waals surface area contributed by atoms with Gasteiger partial charge in [-0.15, -0.1) is 10.2 Å². The van der Waals surface area contributed by atoms with Gasteiger partial charge >= 0.3 is 0 Å². The van der Waals surface area contributed by atoms with Crippen LogP contribution in [0.5, 0.6) is 17.2 Å². The number of ether oxygens (including phenoxy) is 3. The molecular formula is C22H25N3O6S. The summed E-state index contributed by atoms with van der Waals surface area (Å²) < 4.78 is 49.5. The van der Waals surface area contributed by atoms with Crippen molar-refractivity contribution < 1.29 is 27.0 Å². The Kier molecular flexibility index (Phi) is 6.33. The van der Waals surface area contributed by atoms with E-state index in [1.165, 1.54) is 24.6 Å². The Bertz CT molecular complexity index is 1170. The molecule has 0 saturated carbocycles. The van der Waals surface area contributed by atoms with Crippen molar-refractivity contribution in [2.75, 3.05) is 34.4 Å². The third-order valence-electron chi connectivity index (χ3n) is 5.57. The van der Waals surface area contributed by atoms with Crippen LogP contribution < -0.4 is 14.2 Å². The minimum Gasteiger partial charge on any atom is -0.497 e. The molecule has 1 aliphatic heterocycles. The monoisotopic (exact) mass is 459 g/mol. The Morgan fingerprint density at radius 3 is 2.19 bits per heavy atom. The molecule has 0 amide bonds. The number of aromatic nitrogens is 2. The van der Waals surface area contributed by atoms with Gasteiger partial charge in [0.05, 0.1) is 21.3 Å². The summed E-state index contributed by atoms with van der Waals surface area (Å²) >= 11 is 0. The molecule has 170 valence electrons. The van der Waals surface area contributed by atoms with E-state index in [0.29, 0.717) is 43.5 Å². The third kappa shape index (κ3) is 4.28. The van der Waals surface area contributed by atoms with Crippen LogP contribution in [0, 0.1) is 0 Å². The average Bonchev–Trinajstić information content (AvgIpc) is 3.34. The van der Waals surface area contributed by atoms with Crippen molar-refractivity contribution in [3.8, 4) is 28.7 Å². The Balaban J connectivity index is 1.47. The first-order chi connectivity index (χ1) is 15.5. The van der Waals surface area contributed by atoms with E-state index < -0.39 is 10.0 Å². The van der Waals surface area contributed by atoms with Crippen molar-refractivity contribution in [3.63, 3.8) is 0 Å². The Hall–Kier alpha value is -3.11. The van der Waals surface area contributed by atoms with Crippen LogP contribution in [0.4, 0.5) is 0 Å². The summed E-state index contributed by atoms with van der Waals surface area (Å²) in [5.41, 5.74) is 0.801. The van der Waals surface area contributed by atoms with Crippen LogP contribution in [-0.2, 0) is 10.0 Å². The molecule has 9 nitrogen and oxygen atoms in total. The maximum Gasteiger partial charge on any atom is 0.247 e. The van der Waals surface area contributed by atoms with E-state index in [-0.39, 0.29) is 16.6 Å². The van der Waals surface area contributed by atoms with Crippen LogP contribution in [0.25, 0.3) is 11.5 Å². The van der Waals surface area contributed by atoms with E-state index in [4.69, 9.17) is 18.6 Å². The third-order valence-corrected chi connectivity index (χ3v) is 7.49. The van der Waals surface area contributed by atoms with Gasteiger partial charge in [-0.05, 0) is 49.2 Å². The SMILES string of the molecule is COc1ccc(-c2nnc(C3CCN(S(=O)(=O)c4cc(OC)ccc4OC)CC3)o2)cc1. The summed E-state index contributed by atoms with van der Waals surface area (Å²) in [4.78, 5) is 0.0948. The minimum absolute atomic E-state index is 0.00634. The number of rotatable bonds is 7. The van der Waals surface area contributed by atoms with Crippen molar-refractivity contribution in [3.05, 3.63) is 48.4 Å². The fourth-order valence-electron chi connectivity index (χ4n) is 3.72. The standard InChI is InChI=1S/C22H25N3O6S/c1-28-17-6-4-15(5-7-17)21-23-24-22(31-21)16-10-12-25(13-11-16)32(26,27)20-14-18(29-2)8-9-19(20)30-3/h4-9,14,16H,10-13H2,1-3H3. The number of methoxy groups -OCH3 is 3. The summed E-state index contributed by atoms with van der Waals surface area (Å²) in [6.45, 7) is 0.682. The van der Waals surface area contributed by atoms with Crippen molar-refractivity contribution in [2.24, 2.45) is 0 Å². The second kappa shape index (κ2) is 9.17. The predicted molar refractivity (Wildman–Crippen MR) is 117 cm³/mol. The molecule has 0 unspecified atom stereocenters. The number of hydrogen-bond donors (Lipinski definition) is 0. The topological polar surface area (TPSA) is 104 Å². The summed E-state index contributed by atoms with van der Waals surface area (Å²) in [5, 5.41) is 8.36. The van der Waals surface area contributed by atoms with Crippen molar-refractivity contribution in [1.82, 2.24) is 14.5 Å². The van der Waals surface area contributed by atoms with Gasteiger partial charge in [-0.3, -0.25) is 0 Å². The molecule has 2 heterocycles. The largest absolute Gasteiger partial charge is 0.497 e. The van der Waals surface area contributed by atoms with Gasteiger partial charge in [0.1, 0.15) is 22.1 Å². The normalized spacial score (nSPS) is 15.5. The smallest absolute Gasteiger partial charge is 0.247 e. The summed E-state index contributed by atoms with van der Waals surface area (Å²) in [5.74, 6) is 2.43. The minimum atomic E-state index is -3.74. The Morgan fingerprint density at radius 2 is 1.56 bits per heavy atom. The van der Waals surface area contributed by atoms with Gasteiger partial charge in [0.2, 0.25) is 21.8 Å². The lowest BCUT2D eigenvalue weighted by Gasteiger charge is -2.30. The summed E-state index contributed by atoms with van der Waals surface area (Å²) in [6.07, 6.45) is 1.16. The van der Waals surface area contributed by atoms with Gasteiger partial charge in [-0.1, -0.05) is 0 Å². The summed E-state index contributed by atoms with van der Waals surface area (Å²) in [6, 6.07) is 12.1. The molecule has 0 radical (unpaired) electrons. The lowest BCUT2D eigenvalue weighted by Crippen LogP contribution is -2.38. The molecule has 1 aromatic heterocycles.